The first-order valence-electron chi connectivity index (χ1n) is 4.85. The van der Waals surface area contributed by atoms with Crippen molar-refractivity contribution < 1.29 is 45.8 Å². The van der Waals surface area contributed by atoms with Crippen LogP contribution in [-0.2, 0) is 0 Å². The Kier molecular flexibility index (Phi) is 6.81. The Bertz CT molecular complexity index is 569. The third-order valence-corrected chi connectivity index (χ3v) is 2.32. The number of aromatic nitrogens is 3. The maximum absolute atomic E-state index is 10.8. The van der Waals surface area contributed by atoms with Crippen molar-refractivity contribution in [3.8, 4) is 11.4 Å². The molecule has 0 spiro atoms. The van der Waals surface area contributed by atoms with Gasteiger partial charge < -0.3 is 17.3 Å². The van der Waals surface area contributed by atoms with Crippen LogP contribution in [0.4, 0.5) is 0 Å². The smallest absolute Gasteiger partial charge is 0.522 e. The number of ether oxygens (including phenoxy) is 1. The van der Waals surface area contributed by atoms with Crippen LogP contribution in [0.2, 0.25) is 0 Å². The number of benzene rings is 1. The molecule has 0 amide bonds. The number of aromatic carboxylic acids is 1. The molecule has 0 unspecified atom stereocenters. The summed E-state index contributed by atoms with van der Waals surface area (Å²) in [6.45, 7) is 1.64. The van der Waals surface area contributed by atoms with Crippen LogP contribution in [0, 0.1) is 51.5 Å². The molecule has 1 heterocycles. The predicted octanol–water partition coefficient (Wildman–Crippen LogP) is 1.53. The van der Waals surface area contributed by atoms with Crippen LogP contribution in [0.3, 0.4) is 0 Å². The van der Waals surface area contributed by atoms with E-state index in [4.69, 9.17) is 9.84 Å². The molecule has 0 saturated carbocycles. The van der Waals surface area contributed by atoms with E-state index in [2.05, 4.69) is 16.4 Å². The summed E-state index contributed by atoms with van der Waals surface area (Å²) < 4.78 is 6.48. The summed E-state index contributed by atoms with van der Waals surface area (Å²) in [6, 6.07) is 8.06. The van der Waals surface area contributed by atoms with Gasteiger partial charge in [-0.15, -0.1) is 17.2 Å². The largest absolute Gasteiger partial charge is 2.00 e. The monoisotopic (exact) mass is 485 g/mol. The maximum atomic E-state index is 10.8. The Hall–Kier alpha value is -1.32. The SMILES string of the molecule is COc1cc[c-]c(-n2nnc(C(=O)O)c2C)c1.[CH3-].[U+2]. The summed E-state index contributed by atoms with van der Waals surface area (Å²) in [6.07, 6.45) is 0. The van der Waals surface area contributed by atoms with E-state index >= 15 is 0 Å². The van der Waals surface area contributed by atoms with Crippen molar-refractivity contribution in [1.82, 2.24) is 15.0 Å². The van der Waals surface area contributed by atoms with Crippen molar-refractivity contribution in [2.45, 2.75) is 6.92 Å². The van der Waals surface area contributed by atoms with Gasteiger partial charge in [0.2, 0.25) is 0 Å². The van der Waals surface area contributed by atoms with Gasteiger partial charge in [-0.05, 0) is 12.6 Å². The minimum atomic E-state index is -1.10. The molecule has 0 bridgehead atoms. The van der Waals surface area contributed by atoms with Gasteiger partial charge in [0.05, 0.1) is 12.8 Å². The molecule has 1 aromatic heterocycles. The fourth-order valence-electron chi connectivity index (χ4n) is 1.44. The Labute approximate surface area is 135 Å². The molecule has 6 nitrogen and oxygen atoms in total. The molecule has 0 atom stereocenters. The zero-order valence-electron chi connectivity index (χ0n) is 10.8. The molecule has 2 rings (SSSR count). The number of hydrogen-bond acceptors (Lipinski definition) is 4. The van der Waals surface area contributed by atoms with Gasteiger partial charge in [-0.25, -0.2) is 9.48 Å². The van der Waals surface area contributed by atoms with Crippen LogP contribution in [0.1, 0.15) is 16.2 Å². The standard InChI is InChI=1S/C11H10N3O3.CH3.U/c1-7-10(11(15)16)12-13-14(7)8-4-3-5-9(6-8)17-2;;/h3,5-6H,1-2H3,(H,15,16);1H3;/q2*-1;+2. The summed E-state index contributed by atoms with van der Waals surface area (Å²) in [7, 11) is 1.55. The molecule has 0 aliphatic rings. The first-order valence-corrected chi connectivity index (χ1v) is 4.85. The van der Waals surface area contributed by atoms with E-state index in [1.165, 1.54) is 4.68 Å². The third kappa shape index (κ3) is 3.58. The fraction of sp³-hybridized carbons (Fsp3) is 0.167. The predicted molar refractivity (Wildman–Crippen MR) is 64.9 cm³/mol. The van der Waals surface area contributed by atoms with E-state index in [-0.39, 0.29) is 44.2 Å². The van der Waals surface area contributed by atoms with Crippen LogP contribution in [0.15, 0.2) is 18.2 Å². The van der Waals surface area contributed by atoms with Gasteiger partial charge in [-0.1, -0.05) is 5.21 Å². The fourth-order valence-corrected chi connectivity index (χ4v) is 1.44. The molecule has 7 heteroatoms. The zero-order valence-corrected chi connectivity index (χ0v) is 15.0. The summed E-state index contributed by atoms with van der Waals surface area (Å²) in [5.74, 6) is -0.456. The van der Waals surface area contributed by atoms with Crippen molar-refractivity contribution in [1.29, 1.82) is 0 Å². The number of rotatable bonds is 3. The van der Waals surface area contributed by atoms with Crippen LogP contribution in [-0.4, -0.2) is 33.2 Å². The minimum absolute atomic E-state index is 0. The topological polar surface area (TPSA) is 77.2 Å². The van der Waals surface area contributed by atoms with Crippen molar-refractivity contribution >= 4 is 5.97 Å². The second-order valence-corrected chi connectivity index (χ2v) is 3.35. The Balaban J connectivity index is 0.00000162. The first-order chi connectivity index (χ1) is 8.13. The Morgan fingerprint density at radius 3 is 2.74 bits per heavy atom. The van der Waals surface area contributed by atoms with Gasteiger partial charge in [0.1, 0.15) is 0 Å². The third-order valence-electron chi connectivity index (χ3n) is 2.32. The van der Waals surface area contributed by atoms with Gasteiger partial charge in [0.25, 0.3) is 0 Å². The summed E-state index contributed by atoms with van der Waals surface area (Å²) in [5.41, 5.74) is 0.963. The van der Waals surface area contributed by atoms with E-state index in [0.29, 0.717) is 17.1 Å². The van der Waals surface area contributed by atoms with E-state index in [1.54, 1.807) is 32.2 Å². The maximum Gasteiger partial charge on any atom is 2.00 e. The van der Waals surface area contributed by atoms with Gasteiger partial charge in [0, 0.05) is 5.75 Å². The molecule has 19 heavy (non-hydrogen) atoms. The van der Waals surface area contributed by atoms with Gasteiger partial charge in [-0.2, -0.15) is 12.1 Å². The molecule has 0 aliphatic carbocycles. The Morgan fingerprint density at radius 2 is 2.21 bits per heavy atom. The molecular formula is C12H13N3O3U. The van der Waals surface area contributed by atoms with Crippen LogP contribution in [0.25, 0.3) is 5.69 Å². The number of carboxylic acids is 1. The van der Waals surface area contributed by atoms with Gasteiger partial charge in [-0.3, -0.25) is 0 Å². The van der Waals surface area contributed by atoms with Crippen molar-refractivity contribution in [2.24, 2.45) is 0 Å². The number of carbonyl (C=O) groups is 1. The average molecular weight is 485 g/mol. The summed E-state index contributed by atoms with van der Waals surface area (Å²) in [4.78, 5) is 10.8. The van der Waals surface area contributed by atoms with Crippen molar-refractivity contribution in [3.05, 3.63) is 43.1 Å². The quantitative estimate of drug-likeness (QED) is 0.668. The molecule has 0 radical (unpaired) electrons. The average Bonchev–Trinajstić information content (AvgIpc) is 2.71. The number of nitrogens with zero attached hydrogens (tertiary/aromatic N) is 3. The van der Waals surface area contributed by atoms with E-state index in [9.17, 15) is 4.79 Å². The van der Waals surface area contributed by atoms with E-state index in [0.717, 1.165) is 0 Å². The van der Waals surface area contributed by atoms with Gasteiger partial charge >= 0.3 is 37.1 Å². The van der Waals surface area contributed by atoms with Crippen molar-refractivity contribution in [3.63, 3.8) is 0 Å². The molecule has 2 aromatic rings. The van der Waals surface area contributed by atoms with Crippen LogP contribution in [0.5, 0.6) is 5.75 Å². The normalized spacial score (nSPS) is 9.16. The molecule has 0 fully saturated rings. The first kappa shape index (κ1) is 17.7. The molecular weight excluding hydrogens is 472 g/mol. The van der Waals surface area contributed by atoms with E-state index < -0.39 is 5.97 Å². The molecule has 1 aromatic carbocycles. The number of carboxylic acid groups (broad SMARTS) is 1. The minimum Gasteiger partial charge on any atom is -0.522 e. The van der Waals surface area contributed by atoms with Crippen molar-refractivity contribution in [2.75, 3.05) is 7.11 Å². The molecule has 0 saturated heterocycles. The van der Waals surface area contributed by atoms with E-state index in [1.807, 2.05) is 0 Å². The molecule has 98 valence electrons. The number of methoxy groups -OCH3 is 1. The Morgan fingerprint density at radius 1 is 1.53 bits per heavy atom. The van der Waals surface area contributed by atoms with Crippen LogP contribution >= 0.6 is 0 Å². The molecule has 1 N–H and O–H groups in total. The van der Waals surface area contributed by atoms with Gasteiger partial charge in [0.15, 0.2) is 5.69 Å². The number of hydrogen-bond donors (Lipinski definition) is 1. The summed E-state index contributed by atoms with van der Waals surface area (Å²) in [5, 5.41) is 16.3. The molecule has 0 aliphatic heterocycles. The van der Waals surface area contributed by atoms with Crippen LogP contribution < -0.4 is 4.74 Å². The second-order valence-electron chi connectivity index (χ2n) is 3.35. The zero-order chi connectivity index (χ0) is 12.4. The summed E-state index contributed by atoms with van der Waals surface area (Å²) >= 11 is 0. The second kappa shape index (κ2) is 7.31.